The summed E-state index contributed by atoms with van der Waals surface area (Å²) < 4.78 is 0. The van der Waals surface area contributed by atoms with Crippen LogP contribution in [0.25, 0.3) is 0 Å². The molecule has 9 heteroatoms. The number of carbonyl (C=O) groups is 3. The highest BCUT2D eigenvalue weighted by molar-refractivity contribution is 7.10. The van der Waals surface area contributed by atoms with E-state index in [1.807, 2.05) is 48.7 Å². The van der Waals surface area contributed by atoms with Crippen LogP contribution in [-0.2, 0) is 9.59 Å². The molecule has 2 atom stereocenters. The molecule has 0 N–H and O–H groups in total. The molecule has 5 rings (SSSR count). The van der Waals surface area contributed by atoms with Gasteiger partial charge < -0.3 is 14.7 Å². The zero-order valence-corrected chi connectivity index (χ0v) is 19.6. The van der Waals surface area contributed by atoms with Crippen molar-refractivity contribution in [3.8, 4) is 0 Å². The monoisotopic (exact) mass is 475 g/mol. The van der Waals surface area contributed by atoms with Gasteiger partial charge in [-0.15, -0.1) is 11.3 Å². The Labute approximate surface area is 201 Å². The molecule has 0 saturated carbocycles. The molecular weight excluding hydrogens is 450 g/mol. The summed E-state index contributed by atoms with van der Waals surface area (Å²) in [6.45, 7) is 3.71. The van der Waals surface area contributed by atoms with Crippen molar-refractivity contribution in [1.29, 1.82) is 0 Å². The van der Waals surface area contributed by atoms with E-state index >= 15 is 0 Å². The average Bonchev–Trinajstić information content (AvgIpc) is 3.52. The van der Waals surface area contributed by atoms with Crippen LogP contribution in [0.2, 0.25) is 0 Å². The molecule has 3 aromatic rings. The smallest absolute Gasteiger partial charge is 0.274 e. The SMILES string of the molecule is Cc1ccc(N2C(=O)CC(C(=O)N3CCN(C(=O)c4cnccn4)CC3)C2c2cccs2)cc1. The lowest BCUT2D eigenvalue weighted by molar-refractivity contribution is -0.138. The number of aryl methyl sites for hydroxylation is 1. The molecule has 2 aromatic heterocycles. The third kappa shape index (κ3) is 4.19. The standard InChI is InChI=1S/C25H25N5O3S/c1-17-4-6-18(7-5-17)30-22(31)15-19(23(30)21-3-2-14-34-21)24(32)28-10-12-29(13-11-28)25(33)20-16-26-8-9-27-20/h2-9,14,16,19,23H,10-13,15H2,1H3. The molecule has 2 fully saturated rings. The number of hydrogen-bond donors (Lipinski definition) is 0. The van der Waals surface area contributed by atoms with Crippen LogP contribution in [0.5, 0.6) is 0 Å². The Morgan fingerprint density at radius 2 is 1.74 bits per heavy atom. The topological polar surface area (TPSA) is 86.7 Å². The van der Waals surface area contributed by atoms with Crippen molar-refractivity contribution in [3.05, 3.63) is 76.5 Å². The van der Waals surface area contributed by atoms with Gasteiger partial charge >= 0.3 is 0 Å². The minimum absolute atomic E-state index is 0.0343. The van der Waals surface area contributed by atoms with Crippen molar-refractivity contribution in [2.75, 3.05) is 31.1 Å². The lowest BCUT2D eigenvalue weighted by Crippen LogP contribution is -2.52. The van der Waals surface area contributed by atoms with Gasteiger partial charge in [0.2, 0.25) is 11.8 Å². The maximum absolute atomic E-state index is 13.7. The summed E-state index contributed by atoms with van der Waals surface area (Å²) in [7, 11) is 0. The number of nitrogens with zero attached hydrogens (tertiary/aromatic N) is 5. The van der Waals surface area contributed by atoms with E-state index < -0.39 is 5.92 Å². The van der Waals surface area contributed by atoms with Crippen molar-refractivity contribution in [2.24, 2.45) is 5.92 Å². The first-order valence-electron chi connectivity index (χ1n) is 11.3. The third-order valence-corrected chi connectivity index (χ3v) is 7.39. The molecule has 0 aliphatic carbocycles. The first-order valence-corrected chi connectivity index (χ1v) is 12.2. The van der Waals surface area contributed by atoms with E-state index in [4.69, 9.17) is 0 Å². The second-order valence-corrected chi connectivity index (χ2v) is 9.56. The molecule has 0 bridgehead atoms. The number of piperazine rings is 1. The minimum atomic E-state index is -0.463. The molecule has 1 aromatic carbocycles. The molecule has 3 amide bonds. The van der Waals surface area contributed by atoms with E-state index in [1.54, 1.807) is 26.0 Å². The van der Waals surface area contributed by atoms with Gasteiger partial charge in [0, 0.05) is 55.6 Å². The van der Waals surface area contributed by atoms with E-state index in [0.717, 1.165) is 16.1 Å². The lowest BCUT2D eigenvalue weighted by Gasteiger charge is -2.37. The number of thiophene rings is 1. The van der Waals surface area contributed by atoms with Gasteiger partial charge in [0.25, 0.3) is 5.91 Å². The van der Waals surface area contributed by atoms with Crippen LogP contribution in [0.15, 0.2) is 60.4 Å². The molecule has 2 saturated heterocycles. The van der Waals surface area contributed by atoms with E-state index in [2.05, 4.69) is 9.97 Å². The maximum Gasteiger partial charge on any atom is 0.274 e. The summed E-state index contributed by atoms with van der Waals surface area (Å²) in [6, 6.07) is 11.5. The van der Waals surface area contributed by atoms with Crippen molar-refractivity contribution >= 4 is 34.7 Å². The average molecular weight is 476 g/mol. The molecule has 0 radical (unpaired) electrons. The van der Waals surface area contributed by atoms with Gasteiger partial charge in [-0.05, 0) is 30.5 Å². The quantitative estimate of drug-likeness (QED) is 0.579. The Hall–Kier alpha value is -3.59. The third-order valence-electron chi connectivity index (χ3n) is 6.45. The summed E-state index contributed by atoms with van der Waals surface area (Å²) in [6.07, 6.45) is 4.65. The normalized spacial score (nSPS) is 20.6. The molecule has 8 nitrogen and oxygen atoms in total. The molecule has 2 aliphatic rings. The Kier molecular flexibility index (Phi) is 6.10. The molecule has 34 heavy (non-hydrogen) atoms. The Balaban J connectivity index is 1.33. The fraction of sp³-hybridized carbons (Fsp3) is 0.320. The Morgan fingerprint density at radius 3 is 2.38 bits per heavy atom. The molecular formula is C25H25N5O3S. The Morgan fingerprint density at radius 1 is 1.00 bits per heavy atom. The lowest BCUT2D eigenvalue weighted by atomic mass is 9.96. The van der Waals surface area contributed by atoms with E-state index in [1.165, 1.54) is 18.6 Å². The Bertz CT molecular complexity index is 1180. The fourth-order valence-electron chi connectivity index (χ4n) is 4.69. The number of anilines is 1. The summed E-state index contributed by atoms with van der Waals surface area (Å²) in [4.78, 5) is 53.8. The predicted octanol–water partition coefficient (Wildman–Crippen LogP) is 2.93. The second kappa shape index (κ2) is 9.34. The number of amides is 3. The van der Waals surface area contributed by atoms with Crippen LogP contribution in [0, 0.1) is 12.8 Å². The number of benzene rings is 1. The fourth-order valence-corrected chi connectivity index (χ4v) is 5.57. The number of rotatable bonds is 4. The van der Waals surface area contributed by atoms with Crippen LogP contribution in [0.3, 0.4) is 0 Å². The van der Waals surface area contributed by atoms with Crippen LogP contribution in [0.4, 0.5) is 5.69 Å². The summed E-state index contributed by atoms with van der Waals surface area (Å²) in [5.74, 6) is -0.724. The summed E-state index contributed by atoms with van der Waals surface area (Å²) in [5.41, 5.74) is 2.23. The van der Waals surface area contributed by atoms with Crippen molar-refractivity contribution < 1.29 is 14.4 Å². The van der Waals surface area contributed by atoms with Crippen LogP contribution in [0.1, 0.15) is 33.4 Å². The highest BCUT2D eigenvalue weighted by atomic mass is 32.1. The van der Waals surface area contributed by atoms with Crippen LogP contribution >= 0.6 is 11.3 Å². The van der Waals surface area contributed by atoms with Gasteiger partial charge in [0.15, 0.2) is 0 Å². The number of carbonyl (C=O) groups excluding carboxylic acids is 3. The van der Waals surface area contributed by atoms with Gasteiger partial charge in [-0.1, -0.05) is 23.8 Å². The predicted molar refractivity (Wildman–Crippen MR) is 128 cm³/mol. The number of aromatic nitrogens is 2. The van der Waals surface area contributed by atoms with Gasteiger partial charge in [-0.3, -0.25) is 19.4 Å². The molecule has 174 valence electrons. The van der Waals surface area contributed by atoms with E-state index in [0.29, 0.717) is 31.9 Å². The van der Waals surface area contributed by atoms with Gasteiger partial charge in [0.1, 0.15) is 5.69 Å². The molecule has 2 aliphatic heterocycles. The second-order valence-electron chi connectivity index (χ2n) is 8.58. The molecule has 4 heterocycles. The molecule has 2 unspecified atom stereocenters. The van der Waals surface area contributed by atoms with Crippen molar-refractivity contribution in [3.63, 3.8) is 0 Å². The van der Waals surface area contributed by atoms with Gasteiger partial charge in [-0.2, -0.15) is 0 Å². The molecule has 0 spiro atoms. The zero-order valence-electron chi connectivity index (χ0n) is 18.8. The number of hydrogen-bond acceptors (Lipinski definition) is 6. The summed E-state index contributed by atoms with van der Waals surface area (Å²) in [5, 5.41) is 1.98. The van der Waals surface area contributed by atoms with Gasteiger partial charge in [-0.25, -0.2) is 4.98 Å². The zero-order chi connectivity index (χ0) is 23.7. The van der Waals surface area contributed by atoms with Crippen molar-refractivity contribution in [1.82, 2.24) is 19.8 Å². The highest BCUT2D eigenvalue weighted by Gasteiger charge is 2.47. The minimum Gasteiger partial charge on any atom is -0.339 e. The highest BCUT2D eigenvalue weighted by Crippen LogP contribution is 2.43. The maximum atomic E-state index is 13.7. The van der Waals surface area contributed by atoms with E-state index in [-0.39, 0.29) is 30.2 Å². The van der Waals surface area contributed by atoms with Crippen molar-refractivity contribution in [2.45, 2.75) is 19.4 Å². The van der Waals surface area contributed by atoms with Gasteiger partial charge in [0.05, 0.1) is 18.2 Å². The first-order chi connectivity index (χ1) is 16.5. The first kappa shape index (κ1) is 22.2. The van der Waals surface area contributed by atoms with Crippen LogP contribution in [-0.4, -0.2) is 63.7 Å². The largest absolute Gasteiger partial charge is 0.339 e. The summed E-state index contributed by atoms with van der Waals surface area (Å²) >= 11 is 1.56. The van der Waals surface area contributed by atoms with E-state index in [9.17, 15) is 14.4 Å². The van der Waals surface area contributed by atoms with Crippen LogP contribution < -0.4 is 4.90 Å².